The molecule has 0 spiro atoms. The molecule has 30 heavy (non-hydrogen) atoms. The number of hydrogen-bond acceptors (Lipinski definition) is 5. The van der Waals surface area contributed by atoms with Crippen molar-refractivity contribution < 1.29 is 23.0 Å². The first kappa shape index (κ1) is 21.8. The quantitative estimate of drug-likeness (QED) is 0.544. The van der Waals surface area contributed by atoms with E-state index in [9.17, 15) is 8.78 Å². The number of morpholine rings is 1. The number of guanidine groups is 1. The Bertz CT molecular complexity index is 859. The number of halogens is 2. The van der Waals surface area contributed by atoms with Gasteiger partial charge in [-0.3, -0.25) is 9.67 Å². The summed E-state index contributed by atoms with van der Waals surface area (Å²) in [6.45, 7) is -0.332. The molecular formula is C20H27F2N5O3. The van der Waals surface area contributed by atoms with Gasteiger partial charge in [0.2, 0.25) is 0 Å². The van der Waals surface area contributed by atoms with Crippen LogP contribution >= 0.6 is 0 Å². The molecule has 1 aliphatic rings. The van der Waals surface area contributed by atoms with E-state index in [2.05, 4.69) is 25.0 Å². The molecule has 1 aromatic heterocycles. The molecule has 1 unspecified atom stereocenters. The van der Waals surface area contributed by atoms with E-state index in [0.29, 0.717) is 26.1 Å². The fourth-order valence-electron chi connectivity index (χ4n) is 3.37. The van der Waals surface area contributed by atoms with Crippen LogP contribution in [-0.2, 0) is 18.2 Å². The second-order valence-corrected chi connectivity index (χ2v) is 6.84. The molecule has 1 atom stereocenters. The van der Waals surface area contributed by atoms with Crippen molar-refractivity contribution in [2.75, 3.05) is 40.4 Å². The predicted molar refractivity (Wildman–Crippen MR) is 108 cm³/mol. The maximum Gasteiger partial charge on any atom is 0.387 e. The average Bonchev–Trinajstić information content (AvgIpc) is 3.17. The Hall–Kier alpha value is -2.88. The number of benzene rings is 1. The van der Waals surface area contributed by atoms with Crippen LogP contribution in [0.25, 0.3) is 0 Å². The molecule has 0 bridgehead atoms. The zero-order valence-corrected chi connectivity index (χ0v) is 17.3. The Labute approximate surface area is 174 Å². The number of rotatable bonds is 7. The summed E-state index contributed by atoms with van der Waals surface area (Å²) in [5.74, 6) is 1.07. The molecule has 164 valence electrons. The van der Waals surface area contributed by atoms with Crippen LogP contribution in [0.15, 0.2) is 35.6 Å². The largest absolute Gasteiger partial charge is 0.493 e. The van der Waals surface area contributed by atoms with Crippen molar-refractivity contribution in [1.82, 2.24) is 20.0 Å². The van der Waals surface area contributed by atoms with E-state index in [1.54, 1.807) is 23.9 Å². The Kier molecular flexibility index (Phi) is 7.45. The lowest BCUT2D eigenvalue weighted by Gasteiger charge is -2.34. The van der Waals surface area contributed by atoms with Gasteiger partial charge in [0, 0.05) is 38.9 Å². The van der Waals surface area contributed by atoms with Gasteiger partial charge in [-0.05, 0) is 24.1 Å². The summed E-state index contributed by atoms with van der Waals surface area (Å²) in [6, 6.07) is 5.03. The summed E-state index contributed by atoms with van der Waals surface area (Å²) in [5, 5.41) is 7.54. The van der Waals surface area contributed by atoms with Gasteiger partial charge in [0.1, 0.15) is 6.10 Å². The Morgan fingerprint density at radius 3 is 2.90 bits per heavy atom. The monoisotopic (exact) mass is 423 g/mol. The van der Waals surface area contributed by atoms with Gasteiger partial charge >= 0.3 is 6.61 Å². The molecule has 10 heteroatoms. The molecule has 2 heterocycles. The number of ether oxygens (including phenoxy) is 3. The number of nitrogens with one attached hydrogen (secondary N) is 1. The van der Waals surface area contributed by atoms with Crippen LogP contribution < -0.4 is 14.8 Å². The van der Waals surface area contributed by atoms with Gasteiger partial charge in [-0.25, -0.2) is 0 Å². The fraction of sp³-hybridized carbons (Fsp3) is 0.500. The summed E-state index contributed by atoms with van der Waals surface area (Å²) < 4.78 is 42.5. The van der Waals surface area contributed by atoms with E-state index in [1.165, 1.54) is 7.11 Å². The third-order valence-electron chi connectivity index (χ3n) is 4.82. The summed E-state index contributed by atoms with van der Waals surface area (Å²) in [6.07, 6.45) is 4.31. The number of aryl methyl sites for hydroxylation is 1. The SMILES string of the molecule is CN=C(NCCc1ccc(OC)c(OC(F)F)c1)N1CCOC(c2cnn(C)c2)C1. The molecule has 0 amide bonds. The molecule has 0 aliphatic carbocycles. The maximum absolute atomic E-state index is 12.6. The average molecular weight is 423 g/mol. The van der Waals surface area contributed by atoms with E-state index < -0.39 is 6.61 Å². The summed E-state index contributed by atoms with van der Waals surface area (Å²) in [7, 11) is 5.03. The first-order valence-corrected chi connectivity index (χ1v) is 9.67. The first-order valence-electron chi connectivity index (χ1n) is 9.67. The highest BCUT2D eigenvalue weighted by atomic mass is 19.3. The lowest BCUT2D eigenvalue weighted by Crippen LogP contribution is -2.48. The molecule has 8 nitrogen and oxygen atoms in total. The lowest BCUT2D eigenvalue weighted by atomic mass is 10.1. The standard InChI is InChI=1S/C20H27F2N5O3/c1-23-20(27-8-9-29-18(13-27)15-11-25-26(2)12-15)24-7-6-14-4-5-16(28-3)17(10-14)30-19(21)22/h4-5,10-12,18-19H,6-9,13H2,1-3H3,(H,23,24). The van der Waals surface area contributed by atoms with Gasteiger partial charge in [0.15, 0.2) is 17.5 Å². The zero-order valence-electron chi connectivity index (χ0n) is 17.3. The normalized spacial score (nSPS) is 17.3. The topological polar surface area (TPSA) is 73.1 Å². The van der Waals surface area contributed by atoms with Crippen LogP contribution in [0.1, 0.15) is 17.2 Å². The van der Waals surface area contributed by atoms with Gasteiger partial charge in [-0.1, -0.05) is 6.07 Å². The summed E-state index contributed by atoms with van der Waals surface area (Å²) in [5.41, 5.74) is 1.88. The van der Waals surface area contributed by atoms with Crippen molar-refractivity contribution in [3.63, 3.8) is 0 Å². The maximum atomic E-state index is 12.6. The first-order chi connectivity index (χ1) is 14.5. The highest BCUT2D eigenvalue weighted by molar-refractivity contribution is 5.80. The number of alkyl halides is 2. The molecular weight excluding hydrogens is 396 g/mol. The number of aromatic nitrogens is 2. The molecule has 1 saturated heterocycles. The smallest absolute Gasteiger partial charge is 0.387 e. The third-order valence-corrected chi connectivity index (χ3v) is 4.82. The van der Waals surface area contributed by atoms with Gasteiger partial charge in [0.05, 0.1) is 26.5 Å². The van der Waals surface area contributed by atoms with Crippen LogP contribution in [0.3, 0.4) is 0 Å². The number of hydrogen-bond donors (Lipinski definition) is 1. The van der Waals surface area contributed by atoms with Crippen molar-refractivity contribution >= 4 is 5.96 Å². The van der Waals surface area contributed by atoms with Crippen LogP contribution in [0, 0.1) is 0 Å². The van der Waals surface area contributed by atoms with Crippen molar-refractivity contribution in [1.29, 1.82) is 0 Å². The molecule has 1 N–H and O–H groups in total. The Balaban J connectivity index is 1.56. The van der Waals surface area contributed by atoms with Crippen molar-refractivity contribution in [2.24, 2.45) is 12.0 Å². The van der Waals surface area contributed by atoms with E-state index in [0.717, 1.165) is 23.6 Å². The number of methoxy groups -OCH3 is 1. The molecule has 0 saturated carbocycles. The molecule has 1 aromatic carbocycles. The molecule has 1 aliphatic heterocycles. The number of aliphatic imine (C=N–C) groups is 1. The summed E-state index contributed by atoms with van der Waals surface area (Å²) >= 11 is 0. The van der Waals surface area contributed by atoms with Gasteiger partial charge < -0.3 is 24.4 Å². The minimum atomic E-state index is -2.90. The summed E-state index contributed by atoms with van der Waals surface area (Å²) in [4.78, 5) is 6.51. The van der Waals surface area contributed by atoms with Crippen molar-refractivity contribution in [2.45, 2.75) is 19.1 Å². The Morgan fingerprint density at radius 1 is 1.40 bits per heavy atom. The predicted octanol–water partition coefficient (Wildman–Crippen LogP) is 2.22. The molecule has 0 radical (unpaired) electrons. The highest BCUT2D eigenvalue weighted by Gasteiger charge is 2.25. The van der Waals surface area contributed by atoms with Crippen LogP contribution in [0.5, 0.6) is 11.5 Å². The van der Waals surface area contributed by atoms with Crippen LogP contribution in [-0.4, -0.2) is 67.7 Å². The molecule has 2 aromatic rings. The highest BCUT2D eigenvalue weighted by Crippen LogP contribution is 2.29. The minimum absolute atomic E-state index is 0.0295. The van der Waals surface area contributed by atoms with E-state index >= 15 is 0 Å². The van der Waals surface area contributed by atoms with Crippen molar-refractivity contribution in [3.05, 3.63) is 41.7 Å². The minimum Gasteiger partial charge on any atom is -0.493 e. The van der Waals surface area contributed by atoms with Gasteiger partial charge in [-0.2, -0.15) is 13.9 Å². The molecule has 1 fully saturated rings. The number of nitrogens with zero attached hydrogens (tertiary/aromatic N) is 4. The third kappa shape index (κ3) is 5.59. The van der Waals surface area contributed by atoms with E-state index in [4.69, 9.17) is 9.47 Å². The van der Waals surface area contributed by atoms with E-state index in [-0.39, 0.29) is 17.6 Å². The van der Waals surface area contributed by atoms with Gasteiger partial charge in [0.25, 0.3) is 0 Å². The van der Waals surface area contributed by atoms with Gasteiger partial charge in [-0.15, -0.1) is 0 Å². The molecule has 3 rings (SSSR count). The Morgan fingerprint density at radius 2 is 2.23 bits per heavy atom. The van der Waals surface area contributed by atoms with E-state index in [1.807, 2.05) is 25.5 Å². The van der Waals surface area contributed by atoms with Crippen LogP contribution in [0.2, 0.25) is 0 Å². The van der Waals surface area contributed by atoms with Crippen LogP contribution in [0.4, 0.5) is 8.78 Å². The second kappa shape index (κ2) is 10.2. The second-order valence-electron chi connectivity index (χ2n) is 6.84. The van der Waals surface area contributed by atoms with Crippen molar-refractivity contribution in [3.8, 4) is 11.5 Å². The zero-order chi connectivity index (χ0) is 21.5. The fourth-order valence-corrected chi connectivity index (χ4v) is 3.37. The lowest BCUT2D eigenvalue weighted by molar-refractivity contribution is -0.0512.